The van der Waals surface area contributed by atoms with Crippen molar-refractivity contribution in [2.24, 2.45) is 50.2 Å². The second-order valence-electron chi connectivity index (χ2n) is 33.2. The van der Waals surface area contributed by atoms with E-state index in [1.165, 1.54) is 41.5 Å². The van der Waals surface area contributed by atoms with E-state index in [2.05, 4.69) is 40.7 Å². The summed E-state index contributed by atoms with van der Waals surface area (Å²) in [4.78, 5) is 54.9. The monoisotopic (exact) mass is 1490 g/mol. The lowest BCUT2D eigenvalue weighted by atomic mass is 9.33. The summed E-state index contributed by atoms with van der Waals surface area (Å²) in [5.41, 5.74) is -4.58. The van der Waals surface area contributed by atoms with Gasteiger partial charge in [-0.25, -0.2) is 0 Å². The second-order valence-corrected chi connectivity index (χ2v) is 33.2. The normalized spacial score (nSPS) is 49.5. The molecule has 33 nitrogen and oxygen atoms in total. The molecular formula is C71H114O33. The number of hydrogen-bond donors (Lipinski definition) is 16. The van der Waals surface area contributed by atoms with Crippen LogP contribution in [-0.4, -0.2) is 309 Å². The van der Waals surface area contributed by atoms with Crippen LogP contribution in [0.4, 0.5) is 0 Å². The molecule has 33 heteroatoms. The third-order valence-electron chi connectivity index (χ3n) is 25.4. The molecular weight excluding hydrogens is 1380 g/mol. The maximum absolute atomic E-state index is 16.0. The van der Waals surface area contributed by atoms with Crippen LogP contribution < -0.4 is 0 Å². The summed E-state index contributed by atoms with van der Waals surface area (Å²) in [7, 11) is 0. The van der Waals surface area contributed by atoms with E-state index in [9.17, 15) is 96.1 Å². The number of rotatable bonds is 21. The van der Waals surface area contributed by atoms with Gasteiger partial charge in [-0.15, -0.1) is 0 Å². The third-order valence-corrected chi connectivity index (χ3v) is 25.4. The minimum atomic E-state index is -2.12. The molecule has 38 atom stereocenters. The molecule has 5 aliphatic heterocycles. The van der Waals surface area contributed by atoms with Crippen molar-refractivity contribution < 1.29 is 162 Å². The minimum absolute atomic E-state index is 0.0404. The molecule has 0 aromatic carbocycles. The van der Waals surface area contributed by atoms with E-state index in [1.807, 2.05) is 0 Å². The molecule has 16 N–H and O–H groups in total. The molecule has 10 aliphatic rings. The van der Waals surface area contributed by atoms with E-state index in [1.54, 1.807) is 6.92 Å². The molecule has 0 amide bonds. The van der Waals surface area contributed by atoms with Crippen LogP contribution in [0.3, 0.4) is 0 Å². The number of allylic oxidation sites excluding steroid dienone is 2. The maximum atomic E-state index is 16.0. The van der Waals surface area contributed by atoms with Crippen molar-refractivity contribution in [3.63, 3.8) is 0 Å². The fourth-order valence-corrected chi connectivity index (χ4v) is 19.5. The van der Waals surface area contributed by atoms with E-state index < -0.39 is 279 Å². The highest BCUT2D eigenvalue weighted by Gasteiger charge is 2.74. The molecule has 0 radical (unpaired) electrons. The topological polar surface area (TPSA) is 512 Å². The van der Waals surface area contributed by atoms with Gasteiger partial charge in [0.1, 0.15) is 103 Å². The van der Waals surface area contributed by atoms with Crippen LogP contribution in [0, 0.1) is 50.2 Å². The van der Waals surface area contributed by atoms with Crippen LogP contribution in [0.1, 0.15) is 154 Å². The number of carbonyl (C=O) groups is 4. The quantitative estimate of drug-likeness (QED) is 0.0242. The Morgan fingerprint density at radius 1 is 0.529 bits per heavy atom. The van der Waals surface area contributed by atoms with Crippen molar-refractivity contribution in [1.29, 1.82) is 0 Å². The lowest BCUT2D eigenvalue weighted by Gasteiger charge is -2.72. The Kier molecular flexibility index (Phi) is 25.4. The van der Waals surface area contributed by atoms with Gasteiger partial charge in [-0.3, -0.25) is 19.2 Å². The highest BCUT2D eigenvalue weighted by atomic mass is 16.8. The Bertz CT molecular complexity index is 3010. The summed E-state index contributed by atoms with van der Waals surface area (Å²) in [6.07, 6.45) is -44.1. The smallest absolute Gasteiger partial charge is 0.317 e. The van der Waals surface area contributed by atoms with Gasteiger partial charge < -0.3 is 143 Å². The average molecular weight is 1500 g/mol. The fraction of sp³-hybridized carbons (Fsp3) is 0.915. The summed E-state index contributed by atoms with van der Waals surface area (Å²) in [6, 6.07) is 0. The fourth-order valence-electron chi connectivity index (χ4n) is 19.5. The number of fused-ring (bicyclic) bond motifs is 7. The van der Waals surface area contributed by atoms with Crippen LogP contribution in [0.2, 0.25) is 0 Å². The Hall–Kier alpha value is -3.38. The molecule has 5 aliphatic carbocycles. The summed E-state index contributed by atoms with van der Waals surface area (Å²) in [5.74, 6) is -4.81. The predicted molar refractivity (Wildman–Crippen MR) is 350 cm³/mol. The van der Waals surface area contributed by atoms with E-state index in [4.69, 9.17) is 61.6 Å². The first-order chi connectivity index (χ1) is 48.5. The van der Waals surface area contributed by atoms with Crippen LogP contribution in [-0.2, 0) is 80.8 Å². The van der Waals surface area contributed by atoms with Gasteiger partial charge >= 0.3 is 23.9 Å². The molecule has 5 heterocycles. The van der Waals surface area contributed by atoms with E-state index in [-0.39, 0.29) is 37.5 Å². The second kappa shape index (κ2) is 31.8. The van der Waals surface area contributed by atoms with Crippen LogP contribution in [0.25, 0.3) is 0 Å². The van der Waals surface area contributed by atoms with Crippen molar-refractivity contribution in [1.82, 2.24) is 0 Å². The number of carbonyl (C=O) groups excluding carboxylic acids is 4. The van der Waals surface area contributed by atoms with Crippen LogP contribution >= 0.6 is 0 Å². The lowest BCUT2D eigenvalue weighted by molar-refractivity contribution is -0.380. The maximum Gasteiger partial charge on any atom is 0.317 e. The zero-order valence-corrected chi connectivity index (χ0v) is 61.1. The predicted octanol–water partition coefficient (Wildman–Crippen LogP) is -2.61. The number of aliphatic hydroxyl groups excluding tert-OH is 16. The molecule has 0 aromatic heterocycles. The number of hydrogen-bond acceptors (Lipinski definition) is 33. The highest BCUT2D eigenvalue weighted by Crippen LogP contribution is 2.76. The number of ether oxygens (including phenoxy) is 13. The molecule has 1 unspecified atom stereocenters. The van der Waals surface area contributed by atoms with Crippen molar-refractivity contribution in [3.8, 4) is 0 Å². The Morgan fingerprint density at radius 3 is 1.71 bits per heavy atom. The average Bonchev–Trinajstić information content (AvgIpc) is 0.669. The van der Waals surface area contributed by atoms with Gasteiger partial charge in [0.25, 0.3) is 0 Å². The van der Waals surface area contributed by atoms with Crippen molar-refractivity contribution >= 4 is 23.9 Å². The largest absolute Gasteiger partial charge is 0.462 e. The first-order valence-electron chi connectivity index (χ1n) is 36.6. The van der Waals surface area contributed by atoms with E-state index in [0.717, 1.165) is 5.57 Å². The molecule has 0 bridgehead atoms. The lowest BCUT2D eigenvalue weighted by Crippen LogP contribution is -2.70. The van der Waals surface area contributed by atoms with E-state index >= 15 is 4.79 Å². The van der Waals surface area contributed by atoms with Crippen LogP contribution in [0.15, 0.2) is 11.6 Å². The highest BCUT2D eigenvalue weighted by molar-refractivity contribution is 5.80. The first-order valence-corrected chi connectivity index (χ1v) is 36.6. The summed E-state index contributed by atoms with van der Waals surface area (Å²) in [6.45, 7) is 19.0. The zero-order valence-electron chi connectivity index (χ0n) is 61.1. The van der Waals surface area contributed by atoms with Gasteiger partial charge in [0, 0.05) is 5.41 Å². The van der Waals surface area contributed by atoms with Crippen LogP contribution in [0.5, 0.6) is 0 Å². The summed E-state index contributed by atoms with van der Waals surface area (Å²) in [5, 5.41) is 179. The Balaban J connectivity index is 0.901. The molecule has 9 fully saturated rings. The third kappa shape index (κ3) is 15.5. The van der Waals surface area contributed by atoms with Gasteiger partial charge in [-0.05, 0) is 132 Å². The van der Waals surface area contributed by atoms with Gasteiger partial charge in [0.15, 0.2) is 37.4 Å². The standard InChI is InChI=1S/C71H114O33/c1-28(74)19-42(78)93-29(2)20-43(79)94-30(3)21-44(80)99-56-33(6)97-64(58(53(56)89)102-62-52(88)49(85)55(32(5)96-62)100-60-54(90)57(37(76)26-92-60)101-61-50(86)47(83)45(81)31(4)95-61)104-65(91)71-18-17-66(7,8)22-35(71)34-13-14-40-67(9)23-36(75)59(103-63-51(87)48(84)46(82)38(25-72)98-63)68(10,27-73)39(67)15-16-69(40,11)70(34,12)24-41(71)77/h13,28-33,35-41,45-64,72-77,81-90H,14-27H2,1-12H3/t28?,29-,30-,31+,32+,33-,35+,36+,37-,38-,39-,40-,41-,45+,46-,47-,48+,49+,50-,51-,52-,53+,54-,55+,56+,57+,58-,59+,60+,61+,62+,63+,64+,67+,68+,69-,70-,71-/m1/s1. The van der Waals surface area contributed by atoms with E-state index in [0.29, 0.717) is 32.1 Å². The zero-order chi connectivity index (χ0) is 76.7. The van der Waals surface area contributed by atoms with Crippen molar-refractivity contribution in [2.75, 3.05) is 19.8 Å². The van der Waals surface area contributed by atoms with Crippen molar-refractivity contribution in [3.05, 3.63) is 11.6 Å². The van der Waals surface area contributed by atoms with Crippen molar-refractivity contribution in [2.45, 2.75) is 338 Å². The summed E-state index contributed by atoms with van der Waals surface area (Å²) < 4.78 is 76.9. The molecule has 10 rings (SSSR count). The molecule has 5 saturated heterocycles. The molecule has 104 heavy (non-hydrogen) atoms. The minimum Gasteiger partial charge on any atom is -0.462 e. The van der Waals surface area contributed by atoms with Gasteiger partial charge in [0.05, 0.1) is 81.8 Å². The van der Waals surface area contributed by atoms with Gasteiger partial charge in [0.2, 0.25) is 6.29 Å². The number of esters is 4. The molecule has 596 valence electrons. The molecule has 0 spiro atoms. The van der Waals surface area contributed by atoms with Gasteiger partial charge in [-0.2, -0.15) is 0 Å². The Morgan fingerprint density at radius 2 is 1.09 bits per heavy atom. The number of aliphatic hydroxyl groups is 16. The van der Waals surface area contributed by atoms with Gasteiger partial charge in [-0.1, -0.05) is 53.2 Å². The SMILES string of the molecule is CC(O)CC(=O)O[C@H](C)CC(=O)O[C@H](C)CC(=O)O[C@@H]1[C@H](O)[C@@H](O[C@@H]2O[C@@H](C)[C@H](O[C@@H]3OC[C@@H](O)[C@H](O[C@@H]4O[C@@H](C)[C@H](O)[C@@H](O)[C@H]4O)[C@H]3O)[C@@H](O)[C@H]2O)[C@H](OC(=O)[C@]23CCC(C)(C)C[C@H]2C2=CC[C@@H]4[C@@]5(C)C[C@H](O)[C@H](O[C@@H]6O[C@H](CO)[C@@H](O)[C@H](O)[C@H]6O)[C@@](C)(CO)[C@@H]5CC[C@@]4(C)[C@]2(C)C[C@H]3O)O[C@@H]1C. The molecule has 0 aromatic rings. The summed E-state index contributed by atoms with van der Waals surface area (Å²) >= 11 is 0. The molecule has 4 saturated carbocycles. The first kappa shape index (κ1) is 83.1. The Labute approximate surface area is 603 Å².